The standard InChI is InChI=1S/C12H17N3O5S/c1-5-10(21-7(3)13-5)6(2)14-12(20)15-8(11(18)19)4-9(16)17/h6,8H,4H2,1-3H3,(H,16,17)(H,18,19)(H2,14,15,20). The van der Waals surface area contributed by atoms with Crippen molar-refractivity contribution in [2.75, 3.05) is 0 Å². The maximum Gasteiger partial charge on any atom is 0.326 e. The third kappa shape index (κ3) is 5.03. The minimum absolute atomic E-state index is 0.351. The summed E-state index contributed by atoms with van der Waals surface area (Å²) in [5, 5.41) is 23.0. The summed E-state index contributed by atoms with van der Waals surface area (Å²) < 4.78 is 0. The summed E-state index contributed by atoms with van der Waals surface area (Å²) in [6.45, 7) is 5.41. The van der Waals surface area contributed by atoms with E-state index in [-0.39, 0.29) is 6.04 Å². The van der Waals surface area contributed by atoms with Crippen molar-refractivity contribution in [2.45, 2.75) is 39.3 Å². The molecule has 2 amide bonds. The zero-order valence-electron chi connectivity index (χ0n) is 11.8. The molecule has 0 bridgehead atoms. The summed E-state index contributed by atoms with van der Waals surface area (Å²) in [4.78, 5) is 38.3. The van der Waals surface area contributed by atoms with Crippen LogP contribution in [0.15, 0.2) is 0 Å². The molecule has 1 aromatic rings. The zero-order valence-corrected chi connectivity index (χ0v) is 12.7. The first-order valence-corrected chi connectivity index (χ1v) is 6.98. The minimum Gasteiger partial charge on any atom is -0.481 e. The molecule has 0 spiro atoms. The number of nitrogens with one attached hydrogen (secondary N) is 2. The van der Waals surface area contributed by atoms with Crippen molar-refractivity contribution in [1.29, 1.82) is 0 Å². The number of carbonyl (C=O) groups is 3. The maximum atomic E-state index is 11.7. The number of nitrogens with zero attached hydrogens (tertiary/aromatic N) is 1. The quantitative estimate of drug-likeness (QED) is 0.621. The number of aliphatic carboxylic acids is 2. The van der Waals surface area contributed by atoms with E-state index < -0.39 is 30.4 Å². The molecule has 8 nitrogen and oxygen atoms in total. The molecule has 9 heteroatoms. The largest absolute Gasteiger partial charge is 0.481 e. The highest BCUT2D eigenvalue weighted by molar-refractivity contribution is 7.11. The van der Waals surface area contributed by atoms with Crippen LogP contribution in [-0.4, -0.2) is 39.2 Å². The number of aromatic nitrogens is 1. The number of carboxylic acid groups (broad SMARTS) is 2. The lowest BCUT2D eigenvalue weighted by molar-refractivity contribution is -0.145. The summed E-state index contributed by atoms with van der Waals surface area (Å²) in [5.74, 6) is -2.70. The van der Waals surface area contributed by atoms with Crippen molar-refractivity contribution < 1.29 is 24.6 Å². The summed E-state index contributed by atoms with van der Waals surface area (Å²) in [7, 11) is 0. The second kappa shape index (κ2) is 7.02. The molecule has 2 atom stereocenters. The van der Waals surface area contributed by atoms with Crippen LogP contribution in [0.3, 0.4) is 0 Å². The van der Waals surface area contributed by atoms with Gasteiger partial charge in [0.25, 0.3) is 0 Å². The van der Waals surface area contributed by atoms with Gasteiger partial charge in [-0.25, -0.2) is 14.6 Å². The van der Waals surface area contributed by atoms with Crippen molar-refractivity contribution in [3.8, 4) is 0 Å². The number of rotatable bonds is 6. The van der Waals surface area contributed by atoms with Crippen molar-refractivity contribution in [3.63, 3.8) is 0 Å². The first kappa shape index (κ1) is 16.9. The number of hydrogen-bond donors (Lipinski definition) is 4. The van der Waals surface area contributed by atoms with Crippen LogP contribution in [0.4, 0.5) is 4.79 Å². The van der Waals surface area contributed by atoms with E-state index >= 15 is 0 Å². The van der Waals surface area contributed by atoms with Crippen LogP contribution in [0.2, 0.25) is 0 Å². The van der Waals surface area contributed by atoms with Crippen molar-refractivity contribution in [1.82, 2.24) is 15.6 Å². The van der Waals surface area contributed by atoms with Crippen LogP contribution < -0.4 is 10.6 Å². The minimum atomic E-state index is -1.47. The van der Waals surface area contributed by atoms with Crippen LogP contribution in [-0.2, 0) is 9.59 Å². The predicted octanol–water partition coefficient (Wildman–Crippen LogP) is 1.05. The van der Waals surface area contributed by atoms with Gasteiger partial charge in [-0.1, -0.05) is 0 Å². The average molecular weight is 315 g/mol. The van der Waals surface area contributed by atoms with Crippen LogP contribution in [0.25, 0.3) is 0 Å². The summed E-state index contributed by atoms with van der Waals surface area (Å²) in [6, 6.07) is -2.56. The molecule has 0 aliphatic carbocycles. The molecule has 21 heavy (non-hydrogen) atoms. The Hall–Kier alpha value is -2.16. The molecule has 0 aliphatic heterocycles. The van der Waals surface area contributed by atoms with E-state index in [0.29, 0.717) is 0 Å². The Morgan fingerprint density at radius 3 is 2.29 bits per heavy atom. The fraction of sp³-hybridized carbons (Fsp3) is 0.500. The Kier molecular flexibility index (Phi) is 5.65. The molecular formula is C12H17N3O5S. The van der Waals surface area contributed by atoms with Gasteiger partial charge in [-0.15, -0.1) is 11.3 Å². The van der Waals surface area contributed by atoms with E-state index in [4.69, 9.17) is 10.2 Å². The Morgan fingerprint density at radius 2 is 1.86 bits per heavy atom. The average Bonchev–Trinajstić information content (AvgIpc) is 2.66. The molecule has 116 valence electrons. The van der Waals surface area contributed by atoms with Gasteiger partial charge in [0.05, 0.1) is 23.2 Å². The highest BCUT2D eigenvalue weighted by atomic mass is 32.1. The zero-order chi connectivity index (χ0) is 16.2. The highest BCUT2D eigenvalue weighted by Crippen LogP contribution is 2.24. The summed E-state index contributed by atoms with van der Waals surface area (Å²) in [6.07, 6.45) is -0.685. The molecule has 0 saturated heterocycles. The molecule has 4 N–H and O–H groups in total. The first-order chi connectivity index (χ1) is 9.70. The second-order valence-corrected chi connectivity index (χ2v) is 5.75. The van der Waals surface area contributed by atoms with E-state index in [1.54, 1.807) is 6.92 Å². The number of hydrogen-bond acceptors (Lipinski definition) is 5. The monoisotopic (exact) mass is 315 g/mol. The number of carbonyl (C=O) groups excluding carboxylic acids is 1. The molecule has 0 fully saturated rings. The second-order valence-electron chi connectivity index (χ2n) is 4.51. The van der Waals surface area contributed by atoms with Gasteiger partial charge < -0.3 is 20.8 Å². The predicted molar refractivity (Wildman–Crippen MR) is 75.3 cm³/mol. The SMILES string of the molecule is Cc1nc(C)c(C(C)NC(=O)NC(CC(=O)O)C(=O)O)s1. The fourth-order valence-electron chi connectivity index (χ4n) is 1.79. The lowest BCUT2D eigenvalue weighted by Gasteiger charge is -2.17. The van der Waals surface area contributed by atoms with E-state index in [1.165, 1.54) is 11.3 Å². The summed E-state index contributed by atoms with van der Waals surface area (Å²) in [5.41, 5.74) is 0.797. The van der Waals surface area contributed by atoms with Crippen molar-refractivity contribution in [2.24, 2.45) is 0 Å². The topological polar surface area (TPSA) is 129 Å². The molecule has 0 radical (unpaired) electrons. The van der Waals surface area contributed by atoms with Crippen molar-refractivity contribution >= 4 is 29.3 Å². The van der Waals surface area contributed by atoms with Crippen LogP contribution in [0.1, 0.15) is 35.0 Å². The third-order valence-electron chi connectivity index (χ3n) is 2.66. The highest BCUT2D eigenvalue weighted by Gasteiger charge is 2.24. The Balaban J connectivity index is 2.65. The van der Waals surface area contributed by atoms with Crippen molar-refractivity contribution in [3.05, 3.63) is 15.6 Å². The molecule has 1 aromatic heterocycles. The van der Waals surface area contributed by atoms with Crippen LogP contribution >= 0.6 is 11.3 Å². The Bertz CT molecular complexity index is 557. The molecule has 0 aliphatic rings. The Labute approximate surface area is 125 Å². The lowest BCUT2D eigenvalue weighted by atomic mass is 10.2. The third-order valence-corrected chi connectivity index (χ3v) is 3.92. The van der Waals surface area contributed by atoms with E-state index in [9.17, 15) is 14.4 Å². The van der Waals surface area contributed by atoms with E-state index in [2.05, 4.69) is 15.6 Å². The van der Waals surface area contributed by atoms with E-state index in [0.717, 1.165) is 15.6 Å². The van der Waals surface area contributed by atoms with Gasteiger partial charge >= 0.3 is 18.0 Å². The van der Waals surface area contributed by atoms with E-state index in [1.807, 2.05) is 13.8 Å². The smallest absolute Gasteiger partial charge is 0.326 e. The van der Waals surface area contributed by atoms with Gasteiger partial charge in [0, 0.05) is 4.88 Å². The van der Waals surface area contributed by atoms with Gasteiger partial charge in [0.15, 0.2) is 0 Å². The Morgan fingerprint density at radius 1 is 1.24 bits per heavy atom. The first-order valence-electron chi connectivity index (χ1n) is 6.16. The maximum absolute atomic E-state index is 11.7. The molecule has 0 aromatic carbocycles. The molecular weight excluding hydrogens is 298 g/mol. The van der Waals surface area contributed by atoms with Gasteiger partial charge in [-0.05, 0) is 20.8 Å². The van der Waals surface area contributed by atoms with Crippen LogP contribution in [0, 0.1) is 13.8 Å². The van der Waals surface area contributed by atoms with Gasteiger partial charge in [0.2, 0.25) is 0 Å². The van der Waals surface area contributed by atoms with Gasteiger partial charge in [-0.3, -0.25) is 4.79 Å². The van der Waals surface area contributed by atoms with Gasteiger partial charge in [0.1, 0.15) is 6.04 Å². The fourth-order valence-corrected chi connectivity index (χ4v) is 2.72. The number of amides is 2. The van der Waals surface area contributed by atoms with Crippen LogP contribution in [0.5, 0.6) is 0 Å². The number of carboxylic acids is 2. The van der Waals surface area contributed by atoms with Gasteiger partial charge in [-0.2, -0.15) is 0 Å². The molecule has 1 rings (SSSR count). The number of urea groups is 1. The summed E-state index contributed by atoms with van der Waals surface area (Å²) >= 11 is 1.44. The molecule has 0 saturated carbocycles. The lowest BCUT2D eigenvalue weighted by Crippen LogP contribution is -2.47. The molecule has 1 heterocycles. The normalized spacial score (nSPS) is 13.3. The number of aryl methyl sites for hydroxylation is 2. The number of thiazole rings is 1. The molecule has 2 unspecified atom stereocenters.